The van der Waals surface area contributed by atoms with Gasteiger partial charge in [0.15, 0.2) is 0 Å². The van der Waals surface area contributed by atoms with Crippen molar-refractivity contribution in [3.63, 3.8) is 0 Å². The molecule has 2 amide bonds. The van der Waals surface area contributed by atoms with Gasteiger partial charge in [0.25, 0.3) is 0 Å². The van der Waals surface area contributed by atoms with E-state index < -0.39 is 0 Å². The Bertz CT molecular complexity index is 1440. The van der Waals surface area contributed by atoms with E-state index in [1.54, 1.807) is 12.0 Å². The number of amides is 2. The summed E-state index contributed by atoms with van der Waals surface area (Å²) < 4.78 is 11.2. The number of cyclic esters (lactones) is 1. The molecule has 10 nitrogen and oxygen atoms in total. The molecule has 3 atom stereocenters. The molecule has 7 rings (SSSR count). The number of carbonyl (C=O) groups excluding carboxylic acids is 2. The maximum atomic E-state index is 12.8. The van der Waals surface area contributed by atoms with Gasteiger partial charge in [-0.05, 0) is 49.2 Å². The van der Waals surface area contributed by atoms with Crippen LogP contribution in [0.1, 0.15) is 6.42 Å². The zero-order valence-corrected chi connectivity index (χ0v) is 21.8. The van der Waals surface area contributed by atoms with Crippen molar-refractivity contribution >= 4 is 51.9 Å². The summed E-state index contributed by atoms with van der Waals surface area (Å²) in [6, 6.07) is 12.0. The maximum absolute atomic E-state index is 12.8. The number of hydrogen-bond acceptors (Lipinski definition) is 9. The minimum absolute atomic E-state index is 0.0228. The minimum Gasteiger partial charge on any atom is -0.481 e. The van der Waals surface area contributed by atoms with Gasteiger partial charge in [-0.1, -0.05) is 0 Å². The maximum Gasteiger partial charge on any atom is 0.414 e. The molecule has 196 valence electrons. The molecule has 6 heterocycles. The van der Waals surface area contributed by atoms with Crippen molar-refractivity contribution in [2.75, 3.05) is 60.7 Å². The lowest BCUT2D eigenvalue weighted by Gasteiger charge is -2.27. The van der Waals surface area contributed by atoms with Gasteiger partial charge >= 0.3 is 6.09 Å². The predicted octanol–water partition coefficient (Wildman–Crippen LogP) is 3.22. The normalized spacial score (nSPS) is 24.9. The van der Waals surface area contributed by atoms with Crippen molar-refractivity contribution in [1.82, 2.24) is 14.9 Å². The SMILES string of the molecule is COc1ccc2nccc(N3C[C@@H]4CCN(C[C@@H]5CN(c6ccc7c(c6)NC(=O)CS7)C(=O)O5)[C@@H]4C3)c2n1. The average Bonchev–Trinajstić information content (AvgIpc) is 3.63. The largest absolute Gasteiger partial charge is 0.481 e. The Kier molecular flexibility index (Phi) is 5.77. The molecular weight excluding hydrogens is 504 g/mol. The molecule has 0 bridgehead atoms. The molecule has 1 aromatic carbocycles. The molecular formula is C27H28N6O4S. The smallest absolute Gasteiger partial charge is 0.414 e. The number of ether oxygens (including phenoxy) is 2. The van der Waals surface area contributed by atoms with E-state index in [4.69, 9.17) is 9.47 Å². The molecule has 3 aromatic rings. The van der Waals surface area contributed by atoms with Crippen LogP contribution in [0.5, 0.6) is 5.88 Å². The van der Waals surface area contributed by atoms with Gasteiger partial charge in [-0.3, -0.25) is 19.6 Å². The number of anilines is 3. The molecule has 2 aromatic heterocycles. The van der Waals surface area contributed by atoms with Crippen LogP contribution in [-0.4, -0.2) is 84.6 Å². The number of carbonyl (C=O) groups is 2. The Hall–Kier alpha value is -3.57. The second-order valence-corrected chi connectivity index (χ2v) is 11.2. The Morgan fingerprint density at radius 2 is 2.08 bits per heavy atom. The number of rotatable bonds is 5. The van der Waals surface area contributed by atoms with Gasteiger partial charge in [0, 0.05) is 48.5 Å². The van der Waals surface area contributed by atoms with Gasteiger partial charge in [-0.25, -0.2) is 9.78 Å². The number of likely N-dealkylation sites (tertiary alicyclic amines) is 1. The van der Waals surface area contributed by atoms with Crippen LogP contribution in [0.25, 0.3) is 11.0 Å². The summed E-state index contributed by atoms with van der Waals surface area (Å²) in [5.74, 6) is 1.53. The summed E-state index contributed by atoms with van der Waals surface area (Å²) >= 11 is 1.51. The first-order valence-corrected chi connectivity index (χ1v) is 13.9. The second kappa shape index (κ2) is 9.32. The van der Waals surface area contributed by atoms with E-state index >= 15 is 0 Å². The molecule has 3 saturated heterocycles. The molecule has 0 spiro atoms. The summed E-state index contributed by atoms with van der Waals surface area (Å²) in [5, 5.41) is 2.90. The monoisotopic (exact) mass is 532 g/mol. The third-order valence-electron chi connectivity index (χ3n) is 7.97. The molecule has 1 N–H and O–H groups in total. The number of pyridine rings is 2. The third kappa shape index (κ3) is 4.10. The van der Waals surface area contributed by atoms with Gasteiger partial charge in [0.2, 0.25) is 11.8 Å². The van der Waals surface area contributed by atoms with E-state index in [9.17, 15) is 9.59 Å². The number of fused-ring (bicyclic) bond motifs is 3. The topological polar surface area (TPSA) is 100 Å². The second-order valence-electron chi connectivity index (χ2n) is 10.2. The fourth-order valence-corrected chi connectivity index (χ4v) is 6.95. The van der Waals surface area contributed by atoms with Gasteiger partial charge in [0.1, 0.15) is 11.6 Å². The highest BCUT2D eigenvalue weighted by molar-refractivity contribution is 8.00. The number of nitrogens with zero attached hydrogens (tertiary/aromatic N) is 5. The highest BCUT2D eigenvalue weighted by atomic mass is 32.2. The molecule has 11 heteroatoms. The first-order valence-electron chi connectivity index (χ1n) is 12.9. The Labute approximate surface area is 224 Å². The molecule has 0 aliphatic carbocycles. The van der Waals surface area contributed by atoms with Crippen molar-refractivity contribution in [2.45, 2.75) is 23.5 Å². The lowest BCUT2D eigenvalue weighted by molar-refractivity contribution is -0.113. The molecule has 3 fully saturated rings. The molecule has 0 saturated carbocycles. The zero-order valence-electron chi connectivity index (χ0n) is 21.0. The first-order chi connectivity index (χ1) is 18.6. The highest BCUT2D eigenvalue weighted by Gasteiger charge is 2.44. The average molecular weight is 533 g/mol. The van der Waals surface area contributed by atoms with Crippen LogP contribution in [-0.2, 0) is 9.53 Å². The summed E-state index contributed by atoms with van der Waals surface area (Å²) in [5.41, 5.74) is 4.30. The Morgan fingerprint density at radius 1 is 1.16 bits per heavy atom. The van der Waals surface area contributed by atoms with Gasteiger partial charge in [-0.15, -0.1) is 11.8 Å². The van der Waals surface area contributed by atoms with Crippen molar-refractivity contribution < 1.29 is 19.1 Å². The van der Waals surface area contributed by atoms with Crippen molar-refractivity contribution in [1.29, 1.82) is 0 Å². The third-order valence-corrected chi connectivity index (χ3v) is 9.04. The Morgan fingerprint density at radius 3 is 2.97 bits per heavy atom. The minimum atomic E-state index is -0.336. The highest BCUT2D eigenvalue weighted by Crippen LogP contribution is 2.38. The number of benzene rings is 1. The van der Waals surface area contributed by atoms with Crippen LogP contribution >= 0.6 is 11.8 Å². The van der Waals surface area contributed by atoms with E-state index in [-0.39, 0.29) is 18.1 Å². The van der Waals surface area contributed by atoms with E-state index in [1.807, 2.05) is 42.6 Å². The van der Waals surface area contributed by atoms with E-state index in [0.29, 0.717) is 36.7 Å². The van der Waals surface area contributed by atoms with Crippen LogP contribution in [0.2, 0.25) is 0 Å². The number of methoxy groups -OCH3 is 1. The van der Waals surface area contributed by atoms with E-state index in [1.165, 1.54) is 11.8 Å². The summed E-state index contributed by atoms with van der Waals surface area (Å²) in [6.45, 7) is 4.07. The van der Waals surface area contributed by atoms with Gasteiger partial charge in [-0.2, -0.15) is 0 Å². The summed E-state index contributed by atoms with van der Waals surface area (Å²) in [7, 11) is 1.63. The summed E-state index contributed by atoms with van der Waals surface area (Å²) in [4.78, 5) is 41.3. The van der Waals surface area contributed by atoms with Crippen LogP contribution in [0.15, 0.2) is 47.5 Å². The van der Waals surface area contributed by atoms with Crippen LogP contribution in [0.3, 0.4) is 0 Å². The van der Waals surface area contributed by atoms with Crippen LogP contribution in [0, 0.1) is 5.92 Å². The van der Waals surface area contributed by atoms with Gasteiger partial charge < -0.3 is 19.7 Å². The molecule has 38 heavy (non-hydrogen) atoms. The number of aromatic nitrogens is 2. The predicted molar refractivity (Wildman–Crippen MR) is 145 cm³/mol. The fourth-order valence-electron chi connectivity index (χ4n) is 6.16. The lowest BCUT2D eigenvalue weighted by atomic mass is 10.1. The van der Waals surface area contributed by atoms with E-state index in [0.717, 1.165) is 59.0 Å². The van der Waals surface area contributed by atoms with Crippen LogP contribution < -0.4 is 19.9 Å². The van der Waals surface area contributed by atoms with Crippen molar-refractivity contribution in [3.05, 3.63) is 42.6 Å². The molecule has 4 aliphatic rings. The number of thioether (sulfide) groups is 1. The van der Waals surface area contributed by atoms with Crippen molar-refractivity contribution in [3.8, 4) is 5.88 Å². The fraction of sp³-hybridized carbons (Fsp3) is 0.407. The first kappa shape index (κ1) is 23.5. The van der Waals surface area contributed by atoms with Gasteiger partial charge in [0.05, 0.1) is 36.3 Å². The quantitative estimate of drug-likeness (QED) is 0.531. The molecule has 4 aliphatic heterocycles. The van der Waals surface area contributed by atoms with Crippen molar-refractivity contribution in [2.24, 2.45) is 5.92 Å². The number of nitrogens with one attached hydrogen (secondary N) is 1. The molecule has 0 radical (unpaired) electrons. The zero-order chi connectivity index (χ0) is 25.8. The summed E-state index contributed by atoms with van der Waals surface area (Å²) in [6.07, 6.45) is 2.42. The van der Waals surface area contributed by atoms with E-state index in [2.05, 4.69) is 25.1 Å². The lowest BCUT2D eigenvalue weighted by Crippen LogP contribution is -2.41. The Balaban J connectivity index is 1.04. The van der Waals surface area contributed by atoms with Crippen LogP contribution in [0.4, 0.5) is 21.9 Å². The standard InChI is InChI=1S/C27H28N6O4S/c1-36-25-5-3-19-26(30-25)21(6-8-28-19)32-11-16-7-9-31(22(16)14-32)12-18-13-33(27(35)37-18)17-2-4-23-20(10-17)29-24(34)15-38-23/h2-6,8,10,16,18,22H,7,9,11-15H2,1H3,(H,29,34)/t16-,18+,22+/m0/s1. The number of hydrogen-bond donors (Lipinski definition) is 1. The molecule has 0 unspecified atom stereocenters.